The van der Waals surface area contributed by atoms with E-state index in [0.717, 1.165) is 47.5 Å². The van der Waals surface area contributed by atoms with Crippen molar-refractivity contribution in [2.75, 3.05) is 27.4 Å². The summed E-state index contributed by atoms with van der Waals surface area (Å²) in [5.41, 5.74) is 4.35. The molecule has 0 heterocycles. The molecule has 0 aliphatic carbocycles. The zero-order valence-electron chi connectivity index (χ0n) is 16.4. The van der Waals surface area contributed by atoms with Crippen LogP contribution in [0, 0.1) is 0 Å². The Morgan fingerprint density at radius 2 is 1.21 bits per heavy atom. The Morgan fingerprint density at radius 1 is 0.679 bits per heavy atom. The molecule has 0 amide bonds. The molecule has 0 unspecified atom stereocenters. The number of aromatic hydroxyl groups is 1. The van der Waals surface area contributed by atoms with E-state index in [2.05, 4.69) is 36.4 Å². The summed E-state index contributed by atoms with van der Waals surface area (Å²) in [7, 11) is 3.27. The Morgan fingerprint density at radius 3 is 1.82 bits per heavy atom. The summed E-state index contributed by atoms with van der Waals surface area (Å²) in [6.07, 6.45) is 1.99. The zero-order valence-corrected chi connectivity index (χ0v) is 16.4. The van der Waals surface area contributed by atoms with Crippen molar-refractivity contribution in [1.29, 1.82) is 0 Å². The molecule has 4 nitrogen and oxygen atoms in total. The number of hydrogen-bond donors (Lipinski definition) is 1. The fourth-order valence-corrected chi connectivity index (χ4v) is 2.99. The quantitative estimate of drug-likeness (QED) is 0.497. The van der Waals surface area contributed by atoms with Gasteiger partial charge >= 0.3 is 0 Å². The molecule has 0 aliphatic heterocycles. The summed E-state index contributed by atoms with van der Waals surface area (Å²) in [5, 5.41) is 9.75. The summed E-state index contributed by atoms with van der Waals surface area (Å²) < 4.78 is 16.0. The smallest absolute Gasteiger partial charge is 0.161 e. The van der Waals surface area contributed by atoms with Crippen molar-refractivity contribution in [1.82, 2.24) is 0 Å². The summed E-state index contributed by atoms with van der Waals surface area (Å²) >= 11 is 0. The molecule has 1 N–H and O–H groups in total. The molecule has 0 aliphatic rings. The van der Waals surface area contributed by atoms with Gasteiger partial charge in [0.1, 0.15) is 5.75 Å². The molecule has 0 saturated heterocycles. The highest BCUT2D eigenvalue weighted by Gasteiger charge is 2.05. The van der Waals surface area contributed by atoms with E-state index < -0.39 is 0 Å². The van der Waals surface area contributed by atoms with Crippen LogP contribution in [0.3, 0.4) is 0 Å². The molecule has 3 rings (SSSR count). The van der Waals surface area contributed by atoms with Gasteiger partial charge in [-0.3, -0.25) is 0 Å². The third-order valence-electron chi connectivity index (χ3n) is 4.60. The molecule has 4 heteroatoms. The maximum atomic E-state index is 9.75. The van der Waals surface area contributed by atoms with Crippen molar-refractivity contribution in [3.8, 4) is 39.5 Å². The highest BCUT2D eigenvalue weighted by atomic mass is 16.5. The molecule has 3 aromatic rings. The number of methoxy groups -OCH3 is 2. The Balaban J connectivity index is 1.65. The van der Waals surface area contributed by atoms with E-state index in [-0.39, 0.29) is 5.75 Å². The first-order valence-electron chi connectivity index (χ1n) is 9.41. The molecule has 146 valence electrons. The molecule has 3 aromatic carbocycles. The first-order valence-corrected chi connectivity index (χ1v) is 9.41. The van der Waals surface area contributed by atoms with Gasteiger partial charge in [0.25, 0.3) is 0 Å². The van der Waals surface area contributed by atoms with E-state index in [4.69, 9.17) is 14.2 Å². The first-order chi connectivity index (χ1) is 13.7. The van der Waals surface area contributed by atoms with E-state index in [0.29, 0.717) is 12.4 Å². The SMILES string of the molecule is COCCCCOc1ccc(-c2ccc(-c3ccc(O)c(OC)c3)cc2)cc1. The van der Waals surface area contributed by atoms with Crippen molar-refractivity contribution in [3.63, 3.8) is 0 Å². The molecule has 0 radical (unpaired) electrons. The number of benzene rings is 3. The largest absolute Gasteiger partial charge is 0.504 e. The summed E-state index contributed by atoms with van der Waals surface area (Å²) in [6.45, 7) is 1.47. The maximum Gasteiger partial charge on any atom is 0.161 e. The van der Waals surface area contributed by atoms with Crippen LogP contribution in [0.25, 0.3) is 22.3 Å². The Labute approximate surface area is 166 Å². The summed E-state index contributed by atoms with van der Waals surface area (Å²) in [4.78, 5) is 0. The van der Waals surface area contributed by atoms with Gasteiger partial charge in [-0.2, -0.15) is 0 Å². The van der Waals surface area contributed by atoms with Crippen molar-refractivity contribution in [2.24, 2.45) is 0 Å². The minimum absolute atomic E-state index is 0.142. The third kappa shape index (κ3) is 5.05. The van der Waals surface area contributed by atoms with Crippen molar-refractivity contribution < 1.29 is 19.3 Å². The second-order valence-electron chi connectivity index (χ2n) is 6.54. The highest BCUT2D eigenvalue weighted by Crippen LogP contribution is 2.32. The van der Waals surface area contributed by atoms with Gasteiger partial charge in [0.2, 0.25) is 0 Å². The van der Waals surface area contributed by atoms with E-state index in [1.54, 1.807) is 20.3 Å². The van der Waals surface area contributed by atoms with Gasteiger partial charge in [0.05, 0.1) is 13.7 Å². The van der Waals surface area contributed by atoms with Gasteiger partial charge in [-0.25, -0.2) is 0 Å². The molecule has 0 bridgehead atoms. The van der Waals surface area contributed by atoms with Gasteiger partial charge in [-0.1, -0.05) is 42.5 Å². The van der Waals surface area contributed by atoms with E-state index in [9.17, 15) is 5.11 Å². The van der Waals surface area contributed by atoms with Gasteiger partial charge in [0, 0.05) is 13.7 Å². The minimum atomic E-state index is 0.142. The number of phenolic OH excluding ortho intramolecular Hbond substituents is 1. The van der Waals surface area contributed by atoms with Crippen LogP contribution in [0.15, 0.2) is 66.7 Å². The highest BCUT2D eigenvalue weighted by molar-refractivity contribution is 5.72. The lowest BCUT2D eigenvalue weighted by atomic mass is 10.00. The van der Waals surface area contributed by atoms with Crippen molar-refractivity contribution in [2.45, 2.75) is 12.8 Å². The lowest BCUT2D eigenvalue weighted by Gasteiger charge is -2.09. The van der Waals surface area contributed by atoms with E-state index in [1.807, 2.05) is 24.3 Å². The molecule has 28 heavy (non-hydrogen) atoms. The summed E-state index contributed by atoms with van der Waals surface area (Å²) in [5.74, 6) is 1.50. The lowest BCUT2D eigenvalue weighted by molar-refractivity contribution is 0.184. The van der Waals surface area contributed by atoms with E-state index in [1.165, 1.54) is 0 Å². The second-order valence-corrected chi connectivity index (χ2v) is 6.54. The molecule has 0 atom stereocenters. The monoisotopic (exact) mass is 378 g/mol. The molecule has 0 aromatic heterocycles. The Hall–Kier alpha value is -2.98. The maximum absolute atomic E-state index is 9.75. The third-order valence-corrected chi connectivity index (χ3v) is 4.60. The predicted molar refractivity (Wildman–Crippen MR) is 112 cm³/mol. The number of rotatable bonds is 9. The number of phenols is 1. The second kappa shape index (κ2) is 9.81. The average molecular weight is 378 g/mol. The fourth-order valence-electron chi connectivity index (χ4n) is 2.99. The van der Waals surface area contributed by atoms with Crippen molar-refractivity contribution >= 4 is 0 Å². The number of hydrogen-bond acceptors (Lipinski definition) is 4. The lowest BCUT2D eigenvalue weighted by Crippen LogP contribution is -1.99. The topological polar surface area (TPSA) is 47.9 Å². The van der Waals surface area contributed by atoms with Gasteiger partial charge in [-0.15, -0.1) is 0 Å². The van der Waals surface area contributed by atoms with Gasteiger partial charge in [-0.05, 0) is 59.4 Å². The van der Waals surface area contributed by atoms with Crippen LogP contribution in [-0.2, 0) is 4.74 Å². The van der Waals surface area contributed by atoms with Crippen LogP contribution in [0.5, 0.6) is 17.2 Å². The number of unbranched alkanes of at least 4 members (excludes halogenated alkanes) is 1. The Bertz CT molecular complexity index is 870. The zero-order chi connectivity index (χ0) is 19.8. The van der Waals surface area contributed by atoms with Crippen LogP contribution in [-0.4, -0.2) is 32.5 Å². The van der Waals surface area contributed by atoms with Gasteiger partial charge < -0.3 is 19.3 Å². The minimum Gasteiger partial charge on any atom is -0.504 e. The van der Waals surface area contributed by atoms with Gasteiger partial charge in [0.15, 0.2) is 11.5 Å². The van der Waals surface area contributed by atoms with Crippen molar-refractivity contribution in [3.05, 3.63) is 66.7 Å². The average Bonchev–Trinajstić information content (AvgIpc) is 2.74. The van der Waals surface area contributed by atoms with Crippen LogP contribution in [0.4, 0.5) is 0 Å². The fraction of sp³-hybridized carbons (Fsp3) is 0.250. The molecular formula is C24H26O4. The van der Waals surface area contributed by atoms with E-state index >= 15 is 0 Å². The van der Waals surface area contributed by atoms with Crippen LogP contribution >= 0.6 is 0 Å². The predicted octanol–water partition coefficient (Wildman–Crippen LogP) is 5.54. The molecule has 0 fully saturated rings. The molecule has 0 spiro atoms. The first kappa shape index (κ1) is 19.8. The molecular weight excluding hydrogens is 352 g/mol. The molecule has 0 saturated carbocycles. The standard InChI is InChI=1S/C24H26O4/c1-26-15-3-4-16-28-22-12-9-19(10-13-22)18-5-7-20(8-6-18)21-11-14-23(25)24(17-21)27-2/h5-14,17,25H,3-4,15-16H2,1-2H3. The van der Waals surface area contributed by atoms with Crippen LogP contribution in [0.2, 0.25) is 0 Å². The normalized spacial score (nSPS) is 10.6. The summed E-state index contributed by atoms with van der Waals surface area (Å²) in [6, 6.07) is 21.8. The van der Waals surface area contributed by atoms with Crippen LogP contribution < -0.4 is 9.47 Å². The number of ether oxygens (including phenoxy) is 3. The Kier molecular flexibility index (Phi) is 6.93. The van der Waals surface area contributed by atoms with Crippen LogP contribution in [0.1, 0.15) is 12.8 Å².